The lowest BCUT2D eigenvalue weighted by Gasteiger charge is -2.30. The van der Waals surface area contributed by atoms with Crippen molar-refractivity contribution in [3.05, 3.63) is 53.2 Å². The minimum atomic E-state index is -1.89. The number of nitrogens with zero attached hydrogens (tertiary/aromatic N) is 3. The monoisotopic (exact) mass is 408 g/mol. The molecule has 1 aliphatic rings. The molecule has 5 atom stereocenters. The van der Waals surface area contributed by atoms with Gasteiger partial charge in [0.2, 0.25) is 0 Å². The van der Waals surface area contributed by atoms with Crippen molar-refractivity contribution in [2.45, 2.75) is 37.1 Å². The summed E-state index contributed by atoms with van der Waals surface area (Å²) in [5, 5.41) is 32.6. The first-order valence-electron chi connectivity index (χ1n) is 8.48. The van der Waals surface area contributed by atoms with Gasteiger partial charge in [-0.05, 0) is 19.1 Å². The predicted octanol–water partition coefficient (Wildman–Crippen LogP) is 1.55. The Kier molecular flexibility index (Phi) is 4.52. The van der Waals surface area contributed by atoms with Gasteiger partial charge in [-0.25, -0.2) is 14.4 Å². The summed E-state index contributed by atoms with van der Waals surface area (Å²) in [4.78, 5) is 8.04. The molecule has 1 fully saturated rings. The van der Waals surface area contributed by atoms with Crippen LogP contribution in [-0.2, 0) is 4.74 Å². The van der Waals surface area contributed by atoms with E-state index in [0.29, 0.717) is 11.0 Å². The van der Waals surface area contributed by atoms with Crippen molar-refractivity contribution in [2.75, 3.05) is 5.73 Å². The minimum Gasteiger partial charge on any atom is -0.385 e. The predicted molar refractivity (Wildman–Crippen MR) is 98.9 cm³/mol. The van der Waals surface area contributed by atoms with E-state index in [1.807, 2.05) is 0 Å². The topological polar surface area (TPSA) is 127 Å². The van der Waals surface area contributed by atoms with Crippen LogP contribution in [0.3, 0.4) is 0 Å². The number of benzene rings is 1. The normalized spacial score (nSPS) is 28.7. The Hall–Kier alpha value is -2.30. The van der Waals surface area contributed by atoms with Crippen LogP contribution in [-0.4, -0.2) is 47.7 Å². The van der Waals surface area contributed by atoms with Crippen LogP contribution in [0.4, 0.5) is 10.2 Å². The first kappa shape index (κ1) is 19.0. The Bertz CT molecular complexity index is 1040. The molecule has 1 aliphatic heterocycles. The number of anilines is 1. The summed E-state index contributed by atoms with van der Waals surface area (Å²) < 4.78 is 21.6. The third-order valence-corrected chi connectivity index (χ3v) is 5.42. The highest BCUT2D eigenvalue weighted by Crippen LogP contribution is 2.44. The van der Waals surface area contributed by atoms with Crippen molar-refractivity contribution in [3.63, 3.8) is 0 Å². The average molecular weight is 409 g/mol. The summed E-state index contributed by atoms with van der Waals surface area (Å²) >= 11 is 5.79. The molecule has 0 saturated carbocycles. The molecule has 0 aliphatic carbocycles. The molecule has 5 N–H and O–H groups in total. The lowest BCUT2D eigenvalue weighted by atomic mass is 9.88. The van der Waals surface area contributed by atoms with E-state index < -0.39 is 36.0 Å². The van der Waals surface area contributed by atoms with Gasteiger partial charge in [0.1, 0.15) is 47.5 Å². The summed E-state index contributed by atoms with van der Waals surface area (Å²) in [5.74, 6) is -0.568. The highest BCUT2D eigenvalue weighted by molar-refractivity contribution is 6.30. The Morgan fingerprint density at radius 1 is 1.36 bits per heavy atom. The highest BCUT2D eigenvalue weighted by Gasteiger charge is 2.56. The molecule has 3 heterocycles. The first-order valence-corrected chi connectivity index (χ1v) is 8.86. The van der Waals surface area contributed by atoms with E-state index >= 15 is 0 Å². The largest absolute Gasteiger partial charge is 0.385 e. The van der Waals surface area contributed by atoms with E-state index in [1.54, 1.807) is 12.3 Å². The van der Waals surface area contributed by atoms with E-state index in [-0.39, 0.29) is 16.4 Å². The second kappa shape index (κ2) is 6.64. The van der Waals surface area contributed by atoms with Gasteiger partial charge in [0.25, 0.3) is 0 Å². The third-order valence-electron chi connectivity index (χ3n) is 5.13. The molecule has 1 saturated heterocycles. The summed E-state index contributed by atoms with van der Waals surface area (Å²) in [6.07, 6.45) is -2.60. The second-order valence-electron chi connectivity index (χ2n) is 6.92. The van der Waals surface area contributed by atoms with E-state index in [1.165, 1.54) is 36.0 Å². The van der Waals surface area contributed by atoms with Gasteiger partial charge in [0.05, 0.1) is 10.4 Å². The zero-order valence-corrected chi connectivity index (χ0v) is 15.5. The number of nitrogen functional groups attached to an aromatic ring is 1. The quantitative estimate of drug-likeness (QED) is 0.517. The van der Waals surface area contributed by atoms with Crippen molar-refractivity contribution >= 4 is 28.5 Å². The average Bonchev–Trinajstić information content (AvgIpc) is 3.18. The van der Waals surface area contributed by atoms with Crippen LogP contribution in [0.1, 0.15) is 24.8 Å². The van der Waals surface area contributed by atoms with Crippen molar-refractivity contribution in [3.8, 4) is 0 Å². The van der Waals surface area contributed by atoms with Gasteiger partial charge in [0, 0.05) is 11.8 Å². The summed E-state index contributed by atoms with van der Waals surface area (Å²) in [5.41, 5.74) is 4.17. The maximum Gasteiger partial charge on any atom is 0.164 e. The van der Waals surface area contributed by atoms with Crippen LogP contribution in [0.5, 0.6) is 0 Å². The molecule has 1 aromatic carbocycles. The number of aliphatic hydroxyl groups excluding tert-OH is 2. The molecule has 0 amide bonds. The van der Waals surface area contributed by atoms with Crippen LogP contribution in [0.25, 0.3) is 11.0 Å². The summed E-state index contributed by atoms with van der Waals surface area (Å²) in [7, 11) is 0. The molecule has 4 rings (SSSR count). The number of aromatic nitrogens is 3. The number of hydrogen-bond donors (Lipinski definition) is 4. The second-order valence-corrected chi connectivity index (χ2v) is 7.33. The van der Waals surface area contributed by atoms with E-state index in [2.05, 4.69) is 9.97 Å². The molecule has 10 heteroatoms. The van der Waals surface area contributed by atoms with Crippen molar-refractivity contribution in [1.29, 1.82) is 0 Å². The maximum atomic E-state index is 14.4. The molecule has 28 heavy (non-hydrogen) atoms. The van der Waals surface area contributed by atoms with Crippen molar-refractivity contribution < 1.29 is 24.4 Å². The zero-order chi connectivity index (χ0) is 20.2. The van der Waals surface area contributed by atoms with Gasteiger partial charge < -0.3 is 30.4 Å². The smallest absolute Gasteiger partial charge is 0.164 e. The van der Waals surface area contributed by atoms with Crippen LogP contribution < -0.4 is 5.73 Å². The number of fused-ring (bicyclic) bond motifs is 1. The minimum absolute atomic E-state index is 0.144. The van der Waals surface area contributed by atoms with Gasteiger partial charge in [-0.1, -0.05) is 23.7 Å². The van der Waals surface area contributed by atoms with Crippen LogP contribution in [0.2, 0.25) is 5.02 Å². The molecule has 3 aromatic rings. The summed E-state index contributed by atoms with van der Waals surface area (Å²) in [6, 6.07) is 5.80. The highest BCUT2D eigenvalue weighted by atomic mass is 35.5. The molecule has 2 aromatic heterocycles. The fourth-order valence-electron chi connectivity index (χ4n) is 3.54. The number of halogens is 2. The van der Waals surface area contributed by atoms with Gasteiger partial charge in [-0.3, -0.25) is 0 Å². The number of ether oxygens (including phenoxy) is 1. The molecule has 148 valence electrons. The zero-order valence-electron chi connectivity index (χ0n) is 14.7. The van der Waals surface area contributed by atoms with Gasteiger partial charge in [-0.2, -0.15) is 0 Å². The molecular formula is C18H18ClFN4O4. The van der Waals surface area contributed by atoms with E-state index in [0.717, 1.165) is 0 Å². The van der Waals surface area contributed by atoms with Crippen LogP contribution in [0, 0.1) is 5.82 Å². The Balaban J connectivity index is 1.73. The molecule has 0 radical (unpaired) electrons. The van der Waals surface area contributed by atoms with Gasteiger partial charge >= 0.3 is 0 Å². The molecular weight excluding hydrogens is 391 g/mol. The summed E-state index contributed by atoms with van der Waals surface area (Å²) in [6.45, 7) is 1.31. The van der Waals surface area contributed by atoms with Crippen LogP contribution in [0.15, 0.2) is 36.8 Å². The Morgan fingerprint density at radius 3 is 2.86 bits per heavy atom. The Labute approximate surface area is 164 Å². The van der Waals surface area contributed by atoms with Crippen LogP contribution >= 0.6 is 11.6 Å². The van der Waals surface area contributed by atoms with Gasteiger partial charge in [-0.15, -0.1) is 0 Å². The maximum absolute atomic E-state index is 14.4. The standard InChI is InChI=1S/C18H18ClFN4O4/c1-18(27)13(26)17(24-6-5-9-15(21)22-7-23-16(9)24)28-14(18)12(25)8-3-2-4-10(19)11(8)20/h2-7,12-14,17,25-27H,1H3,(H2,21,22,23)/t12?,13-,14+,17+,18-/m0/s1. The van der Waals surface area contributed by atoms with E-state index in [4.69, 9.17) is 22.1 Å². The SMILES string of the molecule is C[C@@]1(O)[C@@H](C(O)c2cccc(Cl)c2F)O[C@@H](n2ccc3c(N)ncnc32)[C@@H]1O. The molecule has 8 nitrogen and oxygen atoms in total. The number of hydrogen-bond acceptors (Lipinski definition) is 7. The lowest BCUT2D eigenvalue weighted by molar-refractivity contribution is -0.115. The first-order chi connectivity index (χ1) is 13.2. The van der Waals surface area contributed by atoms with Gasteiger partial charge in [0.15, 0.2) is 6.23 Å². The number of rotatable bonds is 3. The number of aliphatic hydroxyl groups is 3. The third kappa shape index (κ3) is 2.75. The fraction of sp³-hybridized carbons (Fsp3) is 0.333. The molecule has 0 bridgehead atoms. The fourth-order valence-corrected chi connectivity index (χ4v) is 3.72. The lowest BCUT2D eigenvalue weighted by Crippen LogP contribution is -2.47. The molecule has 1 unspecified atom stereocenters. The Morgan fingerprint density at radius 2 is 2.11 bits per heavy atom. The van der Waals surface area contributed by atoms with Crippen molar-refractivity contribution in [1.82, 2.24) is 14.5 Å². The number of nitrogens with two attached hydrogens (primary N) is 1. The van der Waals surface area contributed by atoms with E-state index in [9.17, 15) is 19.7 Å². The molecule has 0 spiro atoms. The van der Waals surface area contributed by atoms with Crippen molar-refractivity contribution in [2.24, 2.45) is 0 Å².